The summed E-state index contributed by atoms with van der Waals surface area (Å²) in [4.78, 5) is 20.3. The van der Waals surface area contributed by atoms with E-state index in [-0.39, 0.29) is 12.4 Å². The Labute approximate surface area is 207 Å². The van der Waals surface area contributed by atoms with E-state index < -0.39 is 0 Å². The number of benzene rings is 1. The van der Waals surface area contributed by atoms with Gasteiger partial charge in [-0.3, -0.25) is 10.00 Å². The van der Waals surface area contributed by atoms with Gasteiger partial charge in [0.2, 0.25) is 11.9 Å². The number of ether oxygens (including phenoxy) is 1. The summed E-state index contributed by atoms with van der Waals surface area (Å²) >= 11 is 5.95. The minimum Gasteiger partial charge on any atom is -0.379 e. The van der Waals surface area contributed by atoms with Gasteiger partial charge in [0, 0.05) is 50.1 Å². The molecule has 178 valence electrons. The van der Waals surface area contributed by atoms with Gasteiger partial charge in [-0.2, -0.15) is 10.1 Å². The molecule has 0 saturated carbocycles. The molecule has 0 bridgehead atoms. The molecule has 5 rings (SSSR count). The Bertz CT molecular complexity index is 1210. The average molecular weight is 502 g/mol. The Morgan fingerprint density at radius 3 is 2.62 bits per heavy atom. The van der Waals surface area contributed by atoms with Crippen LogP contribution in [-0.2, 0) is 11.3 Å². The molecule has 0 unspecified atom stereocenters. The van der Waals surface area contributed by atoms with E-state index in [0.29, 0.717) is 34.8 Å². The molecule has 12 heteroatoms. The molecule has 0 radical (unpaired) electrons. The van der Waals surface area contributed by atoms with Gasteiger partial charge in [0.15, 0.2) is 5.65 Å². The van der Waals surface area contributed by atoms with Crippen LogP contribution >= 0.6 is 24.0 Å². The van der Waals surface area contributed by atoms with Gasteiger partial charge >= 0.3 is 0 Å². The quantitative estimate of drug-likeness (QED) is 0.334. The summed E-state index contributed by atoms with van der Waals surface area (Å²) in [6.45, 7) is 5.77. The number of hydrogen-bond donors (Lipinski definition) is 3. The third-order valence-corrected chi connectivity index (χ3v) is 5.65. The molecule has 1 saturated heterocycles. The van der Waals surface area contributed by atoms with Crippen LogP contribution in [0.4, 0.5) is 11.9 Å². The van der Waals surface area contributed by atoms with Crippen LogP contribution in [0.2, 0.25) is 5.02 Å². The van der Waals surface area contributed by atoms with Gasteiger partial charge in [-0.1, -0.05) is 23.7 Å². The molecule has 3 N–H and O–H groups in total. The fourth-order valence-corrected chi connectivity index (χ4v) is 3.73. The van der Waals surface area contributed by atoms with E-state index in [1.165, 1.54) is 0 Å². The highest BCUT2D eigenvalue weighted by Crippen LogP contribution is 2.24. The SMILES string of the molecule is Cl.Clc1ccc(CNc2nccc(-c3[nH]nc4nc(NCCN5CCOCC5)ncc34)n2)cc1. The van der Waals surface area contributed by atoms with Crippen molar-refractivity contribution in [1.29, 1.82) is 0 Å². The minimum absolute atomic E-state index is 0. The summed E-state index contributed by atoms with van der Waals surface area (Å²) in [5.41, 5.74) is 3.13. The van der Waals surface area contributed by atoms with Crippen LogP contribution in [0.5, 0.6) is 0 Å². The summed E-state index contributed by atoms with van der Waals surface area (Å²) in [6.07, 6.45) is 3.47. The van der Waals surface area contributed by atoms with Gasteiger partial charge in [0.05, 0.1) is 30.0 Å². The second-order valence-corrected chi connectivity index (χ2v) is 8.09. The molecule has 0 atom stereocenters. The van der Waals surface area contributed by atoms with Gasteiger partial charge in [0.25, 0.3) is 0 Å². The van der Waals surface area contributed by atoms with E-state index in [1.807, 2.05) is 30.3 Å². The maximum atomic E-state index is 5.95. The highest BCUT2D eigenvalue weighted by molar-refractivity contribution is 6.30. The van der Waals surface area contributed by atoms with Crippen LogP contribution < -0.4 is 10.6 Å². The van der Waals surface area contributed by atoms with Gasteiger partial charge in [-0.15, -0.1) is 12.4 Å². The highest BCUT2D eigenvalue weighted by Gasteiger charge is 2.13. The Balaban J connectivity index is 0.00000274. The molecule has 1 aliphatic rings. The molecule has 1 fully saturated rings. The Morgan fingerprint density at radius 1 is 1.00 bits per heavy atom. The van der Waals surface area contributed by atoms with Crippen molar-refractivity contribution >= 4 is 46.9 Å². The second kappa shape index (κ2) is 11.4. The summed E-state index contributed by atoms with van der Waals surface area (Å²) in [6, 6.07) is 9.47. The van der Waals surface area contributed by atoms with Crippen LogP contribution in [0, 0.1) is 0 Å². The highest BCUT2D eigenvalue weighted by atomic mass is 35.5. The van der Waals surface area contributed by atoms with E-state index in [4.69, 9.17) is 16.3 Å². The van der Waals surface area contributed by atoms with Crippen molar-refractivity contribution in [1.82, 2.24) is 35.0 Å². The fourth-order valence-electron chi connectivity index (χ4n) is 3.60. The van der Waals surface area contributed by atoms with Gasteiger partial charge in [-0.25, -0.2) is 15.0 Å². The van der Waals surface area contributed by atoms with Gasteiger partial charge < -0.3 is 15.4 Å². The fraction of sp³-hybridized carbons (Fsp3) is 0.318. The standard InChI is InChI=1S/C22H24ClN9O.ClH/c23-16-3-1-15(2-4-16)13-26-21-24-6-5-18(28-21)19-17-14-27-22(29-20(17)31-30-19)25-7-8-32-9-11-33-12-10-32;/h1-6,14H,7-13H2,(H,24,26,28)(H2,25,27,29,30,31);1H. The lowest BCUT2D eigenvalue weighted by atomic mass is 10.2. The number of aromatic amines is 1. The zero-order chi connectivity index (χ0) is 22.5. The summed E-state index contributed by atoms with van der Waals surface area (Å²) in [5.74, 6) is 1.08. The van der Waals surface area contributed by atoms with Crippen molar-refractivity contribution < 1.29 is 4.74 Å². The number of H-pyrrole nitrogens is 1. The maximum absolute atomic E-state index is 5.95. The molecule has 0 spiro atoms. The molecule has 3 aromatic heterocycles. The van der Waals surface area contributed by atoms with Gasteiger partial charge in [-0.05, 0) is 23.8 Å². The molecule has 0 amide bonds. The third kappa shape index (κ3) is 5.89. The van der Waals surface area contributed by atoms with Gasteiger partial charge in [0.1, 0.15) is 0 Å². The van der Waals surface area contributed by atoms with Crippen LogP contribution in [0.1, 0.15) is 5.56 Å². The Hall–Kier alpha value is -3.05. The topological polar surface area (TPSA) is 117 Å². The number of hydrogen-bond acceptors (Lipinski definition) is 9. The first-order valence-electron chi connectivity index (χ1n) is 10.8. The first kappa shape index (κ1) is 24.1. The number of morpholine rings is 1. The van der Waals surface area contributed by atoms with E-state index in [2.05, 4.69) is 45.7 Å². The molecule has 1 aliphatic heterocycles. The average Bonchev–Trinajstić information content (AvgIpc) is 3.28. The predicted octanol–water partition coefficient (Wildman–Crippen LogP) is 3.24. The number of fused-ring (bicyclic) bond motifs is 1. The van der Waals surface area contributed by atoms with E-state index in [0.717, 1.165) is 56.0 Å². The van der Waals surface area contributed by atoms with E-state index in [9.17, 15) is 0 Å². The van der Waals surface area contributed by atoms with Crippen molar-refractivity contribution in [3.05, 3.63) is 53.3 Å². The molecule has 4 heterocycles. The number of aromatic nitrogens is 6. The summed E-state index contributed by atoms with van der Waals surface area (Å²) in [5, 5.41) is 15.4. The number of anilines is 2. The Kier molecular flexibility index (Phi) is 8.07. The van der Waals surface area contributed by atoms with Crippen LogP contribution in [0.15, 0.2) is 42.7 Å². The van der Waals surface area contributed by atoms with Crippen molar-refractivity contribution in [2.45, 2.75) is 6.54 Å². The Morgan fingerprint density at radius 2 is 1.79 bits per heavy atom. The lowest BCUT2D eigenvalue weighted by molar-refractivity contribution is 0.0398. The molecular formula is C22H25Cl2N9O. The van der Waals surface area contributed by atoms with Crippen molar-refractivity contribution in [2.75, 3.05) is 50.0 Å². The van der Waals surface area contributed by atoms with Crippen molar-refractivity contribution in [2.24, 2.45) is 0 Å². The predicted molar refractivity (Wildman–Crippen MR) is 134 cm³/mol. The number of nitrogens with one attached hydrogen (secondary N) is 3. The summed E-state index contributed by atoms with van der Waals surface area (Å²) < 4.78 is 5.38. The zero-order valence-electron chi connectivity index (χ0n) is 18.4. The third-order valence-electron chi connectivity index (χ3n) is 5.40. The van der Waals surface area contributed by atoms with Crippen LogP contribution in [-0.4, -0.2) is 74.4 Å². The zero-order valence-corrected chi connectivity index (χ0v) is 19.9. The molecule has 34 heavy (non-hydrogen) atoms. The van der Waals surface area contributed by atoms with Crippen LogP contribution in [0.25, 0.3) is 22.4 Å². The lowest BCUT2D eigenvalue weighted by Crippen LogP contribution is -2.39. The van der Waals surface area contributed by atoms with Crippen molar-refractivity contribution in [3.63, 3.8) is 0 Å². The minimum atomic E-state index is 0. The summed E-state index contributed by atoms with van der Waals surface area (Å²) in [7, 11) is 0. The normalized spacial score (nSPS) is 14.0. The molecule has 1 aromatic carbocycles. The number of nitrogens with zero attached hydrogens (tertiary/aromatic N) is 6. The van der Waals surface area contributed by atoms with E-state index >= 15 is 0 Å². The smallest absolute Gasteiger partial charge is 0.224 e. The van der Waals surface area contributed by atoms with Crippen LogP contribution in [0.3, 0.4) is 0 Å². The van der Waals surface area contributed by atoms with Crippen molar-refractivity contribution in [3.8, 4) is 11.4 Å². The maximum Gasteiger partial charge on any atom is 0.224 e. The molecular weight excluding hydrogens is 477 g/mol. The largest absolute Gasteiger partial charge is 0.379 e. The van der Waals surface area contributed by atoms with E-state index in [1.54, 1.807) is 12.4 Å². The second-order valence-electron chi connectivity index (χ2n) is 7.66. The number of rotatable bonds is 8. The molecule has 10 nitrogen and oxygen atoms in total. The number of halogens is 2. The molecule has 0 aliphatic carbocycles. The monoisotopic (exact) mass is 501 g/mol. The first-order valence-corrected chi connectivity index (χ1v) is 11.2. The lowest BCUT2D eigenvalue weighted by Gasteiger charge is -2.26. The molecule has 4 aromatic rings. The first-order chi connectivity index (χ1) is 16.2.